The summed E-state index contributed by atoms with van der Waals surface area (Å²) in [6, 6.07) is 0.0508. The highest BCUT2D eigenvalue weighted by Gasteiger charge is 2.32. The topological polar surface area (TPSA) is 81.8 Å². The quantitative estimate of drug-likeness (QED) is 0.716. The molecule has 142 valence electrons. The van der Waals surface area contributed by atoms with Crippen molar-refractivity contribution in [3.63, 3.8) is 0 Å². The number of amides is 3. The first-order chi connectivity index (χ1) is 11.9. The molecule has 0 saturated carbocycles. The van der Waals surface area contributed by atoms with Crippen LogP contribution in [0.25, 0.3) is 0 Å². The highest BCUT2D eigenvalue weighted by Crippen LogP contribution is 2.21. The van der Waals surface area contributed by atoms with Gasteiger partial charge >= 0.3 is 0 Å². The lowest BCUT2D eigenvalue weighted by Gasteiger charge is -2.34. The molecule has 0 radical (unpaired) electrons. The highest BCUT2D eigenvalue weighted by molar-refractivity contribution is 5.89. The number of carbonyl (C=O) groups excluding carboxylic acids is 3. The smallest absolute Gasteiger partial charge is 0.242 e. The molecule has 2 heterocycles. The molecule has 0 bridgehead atoms. The lowest BCUT2D eigenvalue weighted by atomic mass is 9.87. The van der Waals surface area contributed by atoms with E-state index in [4.69, 9.17) is 0 Å². The number of nitrogens with one attached hydrogen (secondary N) is 2. The summed E-state index contributed by atoms with van der Waals surface area (Å²) in [7, 11) is 0. The molecular weight excluding hydrogens is 320 g/mol. The molecule has 2 rings (SSSR count). The van der Waals surface area contributed by atoms with Crippen LogP contribution in [0.15, 0.2) is 0 Å². The third-order valence-corrected chi connectivity index (χ3v) is 5.08. The fourth-order valence-corrected chi connectivity index (χ4v) is 3.65. The zero-order valence-electron chi connectivity index (χ0n) is 15.7. The van der Waals surface area contributed by atoms with Crippen LogP contribution in [0.5, 0.6) is 0 Å². The van der Waals surface area contributed by atoms with Crippen LogP contribution in [0, 0.1) is 11.8 Å². The maximum absolute atomic E-state index is 12.4. The molecular formula is C18H32N4O3. The van der Waals surface area contributed by atoms with E-state index < -0.39 is 0 Å². The molecule has 0 aromatic carbocycles. The van der Waals surface area contributed by atoms with Crippen molar-refractivity contribution in [2.45, 2.75) is 46.1 Å². The summed E-state index contributed by atoms with van der Waals surface area (Å²) < 4.78 is 0. The van der Waals surface area contributed by atoms with Gasteiger partial charge in [0.2, 0.25) is 17.7 Å². The van der Waals surface area contributed by atoms with E-state index in [0.29, 0.717) is 25.4 Å². The average Bonchev–Trinajstić information content (AvgIpc) is 2.58. The van der Waals surface area contributed by atoms with Crippen LogP contribution in [-0.2, 0) is 14.4 Å². The standard InChI is InChI=1S/C18H32N4O3/c1-4-21-5-7-22(8-6-21)17(24)12-19-18(25)14-10-15(9-13(2)3)20-16(23)11-14/h13-15H,4-12H2,1-3H3,(H,19,25)(H,20,23)/t14-,15+/m0/s1. The first-order valence-electron chi connectivity index (χ1n) is 9.46. The molecule has 25 heavy (non-hydrogen) atoms. The van der Waals surface area contributed by atoms with Crippen molar-refractivity contribution in [2.24, 2.45) is 11.8 Å². The molecule has 0 spiro atoms. The van der Waals surface area contributed by atoms with E-state index in [0.717, 1.165) is 26.1 Å². The molecule has 2 saturated heterocycles. The molecule has 2 atom stereocenters. The largest absolute Gasteiger partial charge is 0.353 e. The van der Waals surface area contributed by atoms with Crippen LogP contribution in [-0.4, -0.2) is 72.8 Å². The van der Waals surface area contributed by atoms with E-state index in [9.17, 15) is 14.4 Å². The van der Waals surface area contributed by atoms with E-state index in [1.54, 1.807) is 0 Å². The lowest BCUT2D eigenvalue weighted by Crippen LogP contribution is -2.52. The van der Waals surface area contributed by atoms with Crippen molar-refractivity contribution in [3.05, 3.63) is 0 Å². The number of carbonyl (C=O) groups is 3. The number of nitrogens with zero attached hydrogens (tertiary/aromatic N) is 2. The summed E-state index contributed by atoms with van der Waals surface area (Å²) in [6.07, 6.45) is 1.74. The Hall–Kier alpha value is -1.63. The van der Waals surface area contributed by atoms with E-state index >= 15 is 0 Å². The minimum atomic E-state index is -0.331. The fourth-order valence-electron chi connectivity index (χ4n) is 3.65. The van der Waals surface area contributed by atoms with Gasteiger partial charge in [0.15, 0.2) is 0 Å². The molecule has 7 heteroatoms. The van der Waals surface area contributed by atoms with Gasteiger partial charge in [0.1, 0.15) is 0 Å². The Balaban J connectivity index is 1.77. The van der Waals surface area contributed by atoms with Gasteiger partial charge in [-0.15, -0.1) is 0 Å². The van der Waals surface area contributed by atoms with Crippen molar-refractivity contribution in [2.75, 3.05) is 39.3 Å². The van der Waals surface area contributed by atoms with Crippen LogP contribution in [0.4, 0.5) is 0 Å². The van der Waals surface area contributed by atoms with E-state index in [2.05, 4.69) is 36.3 Å². The van der Waals surface area contributed by atoms with Gasteiger partial charge < -0.3 is 20.4 Å². The zero-order chi connectivity index (χ0) is 18.4. The summed E-state index contributed by atoms with van der Waals surface area (Å²) in [5.41, 5.74) is 0. The number of hydrogen-bond acceptors (Lipinski definition) is 4. The second-order valence-electron chi connectivity index (χ2n) is 7.56. The Kier molecular flexibility index (Phi) is 7.23. The van der Waals surface area contributed by atoms with Crippen LogP contribution >= 0.6 is 0 Å². The Bertz CT molecular complexity index is 487. The minimum absolute atomic E-state index is 0.0257. The van der Waals surface area contributed by atoms with Gasteiger partial charge in [-0.25, -0.2) is 0 Å². The number of rotatable bonds is 6. The van der Waals surface area contributed by atoms with Gasteiger partial charge in [-0.3, -0.25) is 14.4 Å². The van der Waals surface area contributed by atoms with Crippen molar-refractivity contribution in [3.8, 4) is 0 Å². The third-order valence-electron chi connectivity index (χ3n) is 5.08. The average molecular weight is 352 g/mol. The third kappa shape index (κ3) is 5.99. The summed E-state index contributed by atoms with van der Waals surface area (Å²) in [5.74, 6) is -0.149. The molecule has 2 aliphatic rings. The molecule has 2 aliphatic heterocycles. The lowest BCUT2D eigenvalue weighted by molar-refractivity contribution is -0.137. The second-order valence-corrected chi connectivity index (χ2v) is 7.56. The number of hydrogen-bond donors (Lipinski definition) is 2. The van der Waals surface area contributed by atoms with Crippen LogP contribution < -0.4 is 10.6 Å². The summed E-state index contributed by atoms with van der Waals surface area (Å²) in [4.78, 5) is 40.6. The normalized spacial score (nSPS) is 25.0. The van der Waals surface area contributed by atoms with Crippen LogP contribution in [0.3, 0.4) is 0 Å². The van der Waals surface area contributed by atoms with Crippen molar-refractivity contribution >= 4 is 17.7 Å². The fraction of sp³-hybridized carbons (Fsp3) is 0.833. The molecule has 3 amide bonds. The van der Waals surface area contributed by atoms with Gasteiger partial charge in [0.05, 0.1) is 6.54 Å². The van der Waals surface area contributed by atoms with E-state index in [1.807, 2.05) is 4.90 Å². The predicted molar refractivity (Wildman–Crippen MR) is 95.8 cm³/mol. The molecule has 2 fully saturated rings. The van der Waals surface area contributed by atoms with Crippen molar-refractivity contribution in [1.29, 1.82) is 0 Å². The Morgan fingerprint density at radius 2 is 1.92 bits per heavy atom. The van der Waals surface area contributed by atoms with Gasteiger partial charge in [-0.2, -0.15) is 0 Å². The van der Waals surface area contributed by atoms with E-state index in [-0.39, 0.29) is 42.6 Å². The maximum Gasteiger partial charge on any atom is 0.242 e. The van der Waals surface area contributed by atoms with E-state index in [1.165, 1.54) is 0 Å². The van der Waals surface area contributed by atoms with Crippen LogP contribution in [0.2, 0.25) is 0 Å². The molecule has 2 N–H and O–H groups in total. The molecule has 0 aromatic rings. The van der Waals surface area contributed by atoms with Crippen molar-refractivity contribution in [1.82, 2.24) is 20.4 Å². The summed E-state index contributed by atoms with van der Waals surface area (Å²) in [5, 5.41) is 5.71. The Morgan fingerprint density at radius 3 is 2.52 bits per heavy atom. The highest BCUT2D eigenvalue weighted by atomic mass is 16.2. The summed E-state index contributed by atoms with van der Waals surface area (Å²) >= 11 is 0. The first-order valence-corrected chi connectivity index (χ1v) is 9.46. The molecule has 0 aromatic heterocycles. The SMILES string of the molecule is CCN1CCN(C(=O)CNC(=O)[C@@H]2CC(=O)N[C@H](CC(C)C)C2)CC1. The van der Waals surface area contributed by atoms with Crippen molar-refractivity contribution < 1.29 is 14.4 Å². The predicted octanol–water partition coefficient (Wildman–Crippen LogP) is 0.208. The number of piperazine rings is 1. The molecule has 0 aliphatic carbocycles. The van der Waals surface area contributed by atoms with Gasteiger partial charge in [0, 0.05) is 44.6 Å². The summed E-state index contributed by atoms with van der Waals surface area (Å²) in [6.45, 7) is 10.5. The zero-order valence-corrected chi connectivity index (χ0v) is 15.7. The number of piperidine rings is 1. The van der Waals surface area contributed by atoms with Gasteiger partial charge in [0.25, 0.3) is 0 Å². The maximum atomic E-state index is 12.4. The van der Waals surface area contributed by atoms with Gasteiger partial charge in [-0.1, -0.05) is 20.8 Å². The van der Waals surface area contributed by atoms with Gasteiger partial charge in [-0.05, 0) is 25.3 Å². The van der Waals surface area contributed by atoms with Crippen LogP contribution in [0.1, 0.15) is 40.0 Å². The Morgan fingerprint density at radius 1 is 1.24 bits per heavy atom. The Labute approximate surface area is 150 Å². The molecule has 0 unspecified atom stereocenters. The monoisotopic (exact) mass is 352 g/mol. The second kappa shape index (κ2) is 9.17. The number of likely N-dealkylation sites (N-methyl/N-ethyl adjacent to an activating group) is 1. The molecule has 7 nitrogen and oxygen atoms in total. The first kappa shape index (κ1) is 19.7. The minimum Gasteiger partial charge on any atom is -0.353 e.